The highest BCUT2D eigenvalue weighted by molar-refractivity contribution is 6.25. The van der Waals surface area contributed by atoms with Crippen molar-refractivity contribution in [2.75, 3.05) is 79.9 Å². The second kappa shape index (κ2) is 20.9. The van der Waals surface area contributed by atoms with Crippen LogP contribution in [-0.4, -0.2) is 127 Å². The normalized spacial score (nSPS) is 17.8. The number of imide groups is 2. The Bertz CT molecular complexity index is 2770. The van der Waals surface area contributed by atoms with Crippen molar-refractivity contribution in [1.82, 2.24) is 30.6 Å². The molecule has 9 rings (SSSR count). The van der Waals surface area contributed by atoms with Gasteiger partial charge in [-0.05, 0) is 111 Å². The van der Waals surface area contributed by atoms with Crippen molar-refractivity contribution >= 4 is 69.2 Å². The van der Waals surface area contributed by atoms with Crippen molar-refractivity contribution in [2.45, 2.75) is 63.5 Å². The SMILES string of the molecule is O=C(CN1CCN(c2ccc(C(=O)Nc3n[nH]c4ccc(Cc5cc(F)cc(F)c5)cc34)c(NC3CCOCC3)c2)CC1)NCCCCCNc1cccc2c1C(=O)N(C1CCC(=O)NC1=O)C2=O. The maximum Gasteiger partial charge on any atom is 0.264 e. The number of aromatic amines is 1. The third-order valence-corrected chi connectivity index (χ3v) is 13.1. The highest BCUT2D eigenvalue weighted by Crippen LogP contribution is 2.33. The van der Waals surface area contributed by atoms with Crippen LogP contribution >= 0.6 is 0 Å². The molecule has 4 aromatic carbocycles. The standard InChI is InChI=1S/C50H54F2N10O7/c51-32-24-31(25-33(52)27-32)23-30-7-10-39-38(26-30)46(59-58-39)57-47(65)36-9-8-35(28-41(36)55-34-13-21-69-22-14-34)61-19-17-60(18-20-61)29-44(64)54-16-3-1-2-15-53-40-6-4-5-37-45(40)50(68)62(49(37)67)42-11-12-43(63)56-48(42)66/h4-10,24-28,34,42,53,55H,1-3,11-23,29H2,(H,54,64)(H,56,63,66)(H2,57,58,59,65). The number of anilines is 4. The van der Waals surface area contributed by atoms with Crippen molar-refractivity contribution in [3.8, 4) is 0 Å². The van der Waals surface area contributed by atoms with Crippen LogP contribution in [-0.2, 0) is 25.5 Å². The molecule has 4 aliphatic rings. The summed E-state index contributed by atoms with van der Waals surface area (Å²) in [5.41, 5.74) is 5.05. The predicted octanol–water partition coefficient (Wildman–Crippen LogP) is 5.20. The molecule has 1 aromatic heterocycles. The van der Waals surface area contributed by atoms with Crippen LogP contribution < -0.4 is 31.5 Å². The largest absolute Gasteiger partial charge is 0.384 e. The number of piperidine rings is 1. The van der Waals surface area contributed by atoms with Crippen LogP contribution in [0.25, 0.3) is 10.9 Å². The summed E-state index contributed by atoms with van der Waals surface area (Å²) in [6.07, 6.45) is 4.36. The molecule has 5 heterocycles. The zero-order chi connectivity index (χ0) is 48.0. The molecule has 5 aromatic rings. The van der Waals surface area contributed by atoms with E-state index in [0.29, 0.717) is 98.1 Å². The molecule has 3 fully saturated rings. The van der Waals surface area contributed by atoms with Crippen LogP contribution in [0.15, 0.2) is 72.8 Å². The number of nitrogens with zero attached hydrogens (tertiary/aromatic N) is 4. The summed E-state index contributed by atoms with van der Waals surface area (Å²) in [6, 6.07) is 18.8. The van der Waals surface area contributed by atoms with E-state index >= 15 is 0 Å². The number of halogens is 2. The Morgan fingerprint density at radius 1 is 0.797 bits per heavy atom. The number of fused-ring (bicyclic) bond motifs is 2. The first kappa shape index (κ1) is 46.8. The van der Waals surface area contributed by atoms with Crippen LogP contribution in [0.3, 0.4) is 0 Å². The van der Waals surface area contributed by atoms with E-state index in [2.05, 4.69) is 46.6 Å². The summed E-state index contributed by atoms with van der Waals surface area (Å²) < 4.78 is 33.4. The summed E-state index contributed by atoms with van der Waals surface area (Å²) in [6.45, 7) is 5.30. The fourth-order valence-corrected chi connectivity index (χ4v) is 9.46. The molecule has 360 valence electrons. The molecule has 1 unspecified atom stereocenters. The van der Waals surface area contributed by atoms with Crippen molar-refractivity contribution < 1.29 is 42.3 Å². The van der Waals surface area contributed by atoms with Crippen molar-refractivity contribution in [2.24, 2.45) is 0 Å². The second-order valence-electron chi connectivity index (χ2n) is 17.9. The highest BCUT2D eigenvalue weighted by atomic mass is 19.1. The average Bonchev–Trinajstić information content (AvgIpc) is 3.84. The van der Waals surface area contributed by atoms with Crippen LogP contribution in [0.4, 0.5) is 31.7 Å². The van der Waals surface area contributed by atoms with Gasteiger partial charge in [-0.1, -0.05) is 12.1 Å². The third-order valence-electron chi connectivity index (χ3n) is 13.1. The number of aromatic nitrogens is 2. The van der Waals surface area contributed by atoms with Crippen LogP contribution in [0.2, 0.25) is 0 Å². The topological polar surface area (TPSA) is 210 Å². The Morgan fingerprint density at radius 3 is 2.36 bits per heavy atom. The van der Waals surface area contributed by atoms with Gasteiger partial charge in [-0.3, -0.25) is 49.0 Å². The van der Waals surface area contributed by atoms with Gasteiger partial charge in [0.1, 0.15) is 17.7 Å². The third kappa shape index (κ3) is 10.9. The maximum atomic E-state index is 14.0. The lowest BCUT2D eigenvalue weighted by molar-refractivity contribution is -0.136. The summed E-state index contributed by atoms with van der Waals surface area (Å²) in [5.74, 6) is -3.52. The first-order valence-corrected chi connectivity index (χ1v) is 23.5. The molecule has 0 spiro atoms. The molecular weight excluding hydrogens is 891 g/mol. The summed E-state index contributed by atoms with van der Waals surface area (Å²) in [4.78, 5) is 82.9. The number of ether oxygens (including phenoxy) is 1. The Labute approximate surface area is 396 Å². The zero-order valence-electron chi connectivity index (χ0n) is 38.0. The first-order valence-electron chi connectivity index (χ1n) is 23.5. The van der Waals surface area contributed by atoms with Gasteiger partial charge in [0.2, 0.25) is 17.7 Å². The molecule has 1 atom stereocenters. The van der Waals surface area contributed by atoms with Crippen LogP contribution in [0.1, 0.15) is 87.1 Å². The molecule has 0 radical (unpaired) electrons. The Morgan fingerprint density at radius 2 is 1.58 bits per heavy atom. The number of amides is 6. The Balaban J connectivity index is 0.736. The molecule has 17 nitrogen and oxygen atoms in total. The summed E-state index contributed by atoms with van der Waals surface area (Å²) in [5, 5.41) is 23.1. The maximum absolute atomic E-state index is 14.0. The molecule has 0 bridgehead atoms. The highest BCUT2D eigenvalue weighted by Gasteiger charge is 2.45. The van der Waals surface area contributed by atoms with Gasteiger partial charge in [0.05, 0.1) is 28.8 Å². The molecule has 4 aliphatic heterocycles. The fraction of sp³-hybridized carbons (Fsp3) is 0.380. The molecule has 69 heavy (non-hydrogen) atoms. The van der Waals surface area contributed by atoms with Gasteiger partial charge in [0, 0.05) is 93.5 Å². The number of unbranched alkanes of at least 4 members (excludes halogenated alkanes) is 2. The van der Waals surface area contributed by atoms with E-state index in [9.17, 15) is 37.5 Å². The molecule has 3 saturated heterocycles. The van der Waals surface area contributed by atoms with E-state index in [1.54, 1.807) is 18.2 Å². The van der Waals surface area contributed by atoms with E-state index < -0.39 is 41.3 Å². The predicted molar refractivity (Wildman–Crippen MR) is 254 cm³/mol. The number of benzene rings is 4. The van der Waals surface area contributed by atoms with Crippen molar-refractivity contribution in [1.29, 1.82) is 0 Å². The lowest BCUT2D eigenvalue weighted by atomic mass is 10.0. The van der Waals surface area contributed by atoms with Crippen LogP contribution in [0.5, 0.6) is 0 Å². The number of carbonyl (C=O) groups excluding carboxylic acids is 6. The van der Waals surface area contributed by atoms with Crippen molar-refractivity contribution in [3.63, 3.8) is 0 Å². The summed E-state index contributed by atoms with van der Waals surface area (Å²) >= 11 is 0. The molecule has 19 heteroatoms. The lowest BCUT2D eigenvalue weighted by Crippen LogP contribution is -2.54. The Hall–Kier alpha value is -7.25. The minimum absolute atomic E-state index is 0.0497. The van der Waals surface area contributed by atoms with E-state index in [4.69, 9.17) is 4.74 Å². The van der Waals surface area contributed by atoms with Crippen molar-refractivity contribution in [3.05, 3.63) is 112 Å². The molecule has 0 aliphatic carbocycles. The minimum atomic E-state index is -1.03. The summed E-state index contributed by atoms with van der Waals surface area (Å²) in [7, 11) is 0. The van der Waals surface area contributed by atoms with E-state index in [-0.39, 0.29) is 48.4 Å². The number of piperazine rings is 1. The van der Waals surface area contributed by atoms with Gasteiger partial charge in [-0.15, -0.1) is 0 Å². The monoisotopic (exact) mass is 944 g/mol. The number of hydrogen-bond donors (Lipinski definition) is 6. The Kier molecular flexibility index (Phi) is 14.2. The first-order chi connectivity index (χ1) is 33.5. The smallest absolute Gasteiger partial charge is 0.264 e. The van der Waals surface area contributed by atoms with Gasteiger partial charge < -0.3 is 30.9 Å². The van der Waals surface area contributed by atoms with Gasteiger partial charge in [-0.2, -0.15) is 5.10 Å². The van der Waals surface area contributed by atoms with Gasteiger partial charge in [-0.25, -0.2) is 8.78 Å². The van der Waals surface area contributed by atoms with E-state index in [1.807, 2.05) is 36.4 Å². The molecule has 6 N–H and O–H groups in total. The van der Waals surface area contributed by atoms with Gasteiger partial charge in [0.15, 0.2) is 5.82 Å². The zero-order valence-corrected chi connectivity index (χ0v) is 38.0. The number of H-pyrrole nitrogens is 1. The van der Waals surface area contributed by atoms with Crippen LogP contribution in [0, 0.1) is 11.6 Å². The van der Waals surface area contributed by atoms with E-state index in [1.165, 1.54) is 12.1 Å². The molecular formula is C50H54F2N10O7. The lowest BCUT2D eigenvalue weighted by Gasteiger charge is -2.36. The van der Waals surface area contributed by atoms with Gasteiger partial charge in [0.25, 0.3) is 17.7 Å². The minimum Gasteiger partial charge on any atom is -0.384 e. The number of carbonyl (C=O) groups is 6. The number of rotatable bonds is 17. The average molecular weight is 945 g/mol. The number of hydrogen-bond acceptors (Lipinski definition) is 12. The second-order valence-corrected chi connectivity index (χ2v) is 17.9. The fourth-order valence-electron chi connectivity index (χ4n) is 9.46. The van der Waals surface area contributed by atoms with E-state index in [0.717, 1.165) is 54.3 Å². The quantitative estimate of drug-likeness (QED) is 0.0526. The molecule has 6 amide bonds. The molecule has 0 saturated carbocycles. The number of nitrogens with one attached hydrogen (secondary N) is 6. The van der Waals surface area contributed by atoms with Gasteiger partial charge >= 0.3 is 0 Å².